The van der Waals surface area contributed by atoms with E-state index in [-0.39, 0.29) is 24.7 Å². The van der Waals surface area contributed by atoms with E-state index in [4.69, 9.17) is 20.4 Å². The Kier molecular flexibility index (Phi) is 6.09. The molecule has 122 valence electrons. The lowest BCUT2D eigenvalue weighted by atomic mass is 9.74. The van der Waals surface area contributed by atoms with Gasteiger partial charge in [-0.1, -0.05) is 12.2 Å². The van der Waals surface area contributed by atoms with Crippen LogP contribution in [0.1, 0.15) is 25.7 Å². The maximum Gasteiger partial charge on any atom is 0.317 e. The number of allylic oxidation sites excluding steroid dienone is 2. The summed E-state index contributed by atoms with van der Waals surface area (Å²) in [6, 6.07) is 0. The summed E-state index contributed by atoms with van der Waals surface area (Å²) in [7, 11) is 0. The van der Waals surface area contributed by atoms with Gasteiger partial charge in [0, 0.05) is 0 Å². The molecule has 8 heteroatoms. The second kappa shape index (κ2) is 7.58. The van der Waals surface area contributed by atoms with Crippen LogP contribution in [0.2, 0.25) is 0 Å². The summed E-state index contributed by atoms with van der Waals surface area (Å²) in [5.74, 6) is -9.70. The normalized spacial score (nSPS) is 21.0. The Morgan fingerprint density at radius 3 is 1.23 bits per heavy atom. The summed E-state index contributed by atoms with van der Waals surface area (Å²) in [6.45, 7) is 0. The van der Waals surface area contributed by atoms with E-state index in [2.05, 4.69) is 0 Å². The molecule has 0 aromatic heterocycles. The van der Waals surface area contributed by atoms with Crippen molar-refractivity contribution >= 4 is 23.9 Å². The van der Waals surface area contributed by atoms with E-state index in [0.29, 0.717) is 12.8 Å². The van der Waals surface area contributed by atoms with Crippen LogP contribution in [0.5, 0.6) is 0 Å². The van der Waals surface area contributed by atoms with Crippen LogP contribution in [0.25, 0.3) is 0 Å². The van der Waals surface area contributed by atoms with Crippen molar-refractivity contribution in [1.82, 2.24) is 0 Å². The molecule has 0 saturated heterocycles. The lowest BCUT2D eigenvalue weighted by Crippen LogP contribution is -2.32. The van der Waals surface area contributed by atoms with E-state index in [1.54, 1.807) is 12.2 Å². The van der Waals surface area contributed by atoms with Gasteiger partial charge < -0.3 is 20.4 Å². The SMILES string of the molecule is O=C(O)C(CC1CC=CCC1CC(C(=O)O)C(=O)O)C(=O)O. The predicted molar refractivity (Wildman–Crippen MR) is 72.1 cm³/mol. The molecule has 2 atom stereocenters. The number of hydrogen-bond acceptors (Lipinski definition) is 4. The molecule has 0 aromatic carbocycles. The van der Waals surface area contributed by atoms with Crippen molar-refractivity contribution in [2.75, 3.05) is 0 Å². The van der Waals surface area contributed by atoms with Crippen LogP contribution in [0.3, 0.4) is 0 Å². The van der Waals surface area contributed by atoms with Gasteiger partial charge in [-0.2, -0.15) is 0 Å². The van der Waals surface area contributed by atoms with Crippen LogP contribution in [0.15, 0.2) is 12.2 Å². The van der Waals surface area contributed by atoms with Crippen molar-refractivity contribution in [3.8, 4) is 0 Å². The fourth-order valence-corrected chi connectivity index (χ4v) is 2.72. The lowest BCUT2D eigenvalue weighted by molar-refractivity contribution is -0.158. The summed E-state index contributed by atoms with van der Waals surface area (Å²) < 4.78 is 0. The quantitative estimate of drug-likeness (QED) is 0.381. The van der Waals surface area contributed by atoms with Crippen LogP contribution < -0.4 is 0 Å². The van der Waals surface area contributed by atoms with Gasteiger partial charge in [0.15, 0.2) is 11.8 Å². The van der Waals surface area contributed by atoms with Crippen LogP contribution in [0.4, 0.5) is 0 Å². The summed E-state index contributed by atoms with van der Waals surface area (Å²) >= 11 is 0. The van der Waals surface area contributed by atoms with E-state index in [0.717, 1.165) is 0 Å². The van der Waals surface area contributed by atoms with E-state index in [9.17, 15) is 19.2 Å². The zero-order valence-electron chi connectivity index (χ0n) is 11.7. The number of aliphatic carboxylic acids is 4. The fourth-order valence-electron chi connectivity index (χ4n) is 2.72. The Bertz CT molecular complexity index is 423. The van der Waals surface area contributed by atoms with Crippen LogP contribution in [0, 0.1) is 23.7 Å². The minimum Gasteiger partial charge on any atom is -0.481 e. The highest BCUT2D eigenvalue weighted by Gasteiger charge is 2.36. The van der Waals surface area contributed by atoms with Crippen LogP contribution in [-0.4, -0.2) is 44.3 Å². The molecule has 0 spiro atoms. The van der Waals surface area contributed by atoms with Gasteiger partial charge in [-0.3, -0.25) is 19.2 Å². The average molecular weight is 314 g/mol. The minimum atomic E-state index is -1.58. The summed E-state index contributed by atoms with van der Waals surface area (Å²) in [5, 5.41) is 35.7. The molecule has 0 amide bonds. The van der Waals surface area contributed by atoms with Crippen molar-refractivity contribution in [3.05, 3.63) is 12.2 Å². The maximum atomic E-state index is 11.0. The highest BCUT2D eigenvalue weighted by Crippen LogP contribution is 2.35. The van der Waals surface area contributed by atoms with Crippen LogP contribution >= 0.6 is 0 Å². The number of rotatable bonds is 8. The van der Waals surface area contributed by atoms with Gasteiger partial charge in [0.05, 0.1) is 0 Å². The van der Waals surface area contributed by atoms with Gasteiger partial charge in [-0.15, -0.1) is 0 Å². The summed E-state index contributed by atoms with van der Waals surface area (Å²) in [5.41, 5.74) is 0. The highest BCUT2D eigenvalue weighted by molar-refractivity contribution is 5.93. The molecule has 0 bridgehead atoms. The molecule has 0 radical (unpaired) electrons. The molecule has 0 saturated carbocycles. The molecular formula is C14H18O8. The number of carboxylic acids is 4. The van der Waals surface area contributed by atoms with Gasteiger partial charge >= 0.3 is 23.9 Å². The van der Waals surface area contributed by atoms with E-state index >= 15 is 0 Å². The average Bonchev–Trinajstić information content (AvgIpc) is 2.41. The Labute approximate surface area is 126 Å². The molecule has 1 rings (SSSR count). The second-order valence-corrected chi connectivity index (χ2v) is 5.39. The van der Waals surface area contributed by atoms with Crippen LogP contribution in [-0.2, 0) is 19.2 Å². The standard InChI is InChI=1S/C14H18O8/c15-11(16)9(12(17)18)5-7-3-1-2-4-8(7)6-10(13(19)20)14(21)22/h1-2,7-10H,3-6H2,(H,15,16)(H,17,18)(H,19,20)(H,21,22). The molecule has 1 aliphatic rings. The molecule has 8 nitrogen and oxygen atoms in total. The largest absolute Gasteiger partial charge is 0.481 e. The maximum absolute atomic E-state index is 11.0. The molecule has 22 heavy (non-hydrogen) atoms. The van der Waals surface area contributed by atoms with Gasteiger partial charge in [0.1, 0.15) is 0 Å². The monoisotopic (exact) mass is 314 g/mol. The number of hydrogen-bond donors (Lipinski definition) is 4. The van der Waals surface area contributed by atoms with Crippen molar-refractivity contribution in [2.45, 2.75) is 25.7 Å². The lowest BCUT2D eigenvalue weighted by Gasteiger charge is -2.30. The van der Waals surface area contributed by atoms with Crippen molar-refractivity contribution < 1.29 is 39.6 Å². The fraction of sp³-hybridized carbons (Fsp3) is 0.571. The van der Waals surface area contributed by atoms with Crippen molar-refractivity contribution in [2.24, 2.45) is 23.7 Å². The molecule has 1 aliphatic carbocycles. The Hall–Kier alpha value is -2.38. The Balaban J connectivity index is 2.85. The first-order valence-corrected chi connectivity index (χ1v) is 6.80. The third-order valence-corrected chi connectivity index (χ3v) is 3.98. The van der Waals surface area contributed by atoms with E-state index < -0.39 is 35.7 Å². The summed E-state index contributed by atoms with van der Waals surface area (Å²) in [4.78, 5) is 43.9. The first kappa shape index (κ1) is 17.7. The van der Waals surface area contributed by atoms with Gasteiger partial charge in [0.2, 0.25) is 0 Å². The molecule has 0 fully saturated rings. The molecule has 0 aliphatic heterocycles. The minimum absolute atomic E-state index is 0.147. The van der Waals surface area contributed by atoms with E-state index in [1.165, 1.54) is 0 Å². The van der Waals surface area contributed by atoms with Crippen molar-refractivity contribution in [1.29, 1.82) is 0 Å². The Morgan fingerprint density at radius 1 is 0.727 bits per heavy atom. The third kappa shape index (κ3) is 4.57. The topological polar surface area (TPSA) is 149 Å². The third-order valence-electron chi connectivity index (χ3n) is 3.98. The molecule has 2 unspecified atom stereocenters. The van der Waals surface area contributed by atoms with E-state index in [1.807, 2.05) is 0 Å². The van der Waals surface area contributed by atoms with Gasteiger partial charge in [0.25, 0.3) is 0 Å². The van der Waals surface area contributed by atoms with Gasteiger partial charge in [-0.25, -0.2) is 0 Å². The molecule has 4 N–H and O–H groups in total. The highest BCUT2D eigenvalue weighted by atomic mass is 16.4. The molecule has 0 heterocycles. The number of carbonyl (C=O) groups is 4. The van der Waals surface area contributed by atoms with Gasteiger partial charge in [-0.05, 0) is 37.5 Å². The molecule has 0 aromatic rings. The zero-order chi connectivity index (χ0) is 16.9. The smallest absolute Gasteiger partial charge is 0.317 e. The first-order chi connectivity index (χ1) is 10.2. The predicted octanol–water partition coefficient (Wildman–Crippen LogP) is 0.920. The Morgan fingerprint density at radius 2 is 1.00 bits per heavy atom. The first-order valence-electron chi connectivity index (χ1n) is 6.80. The zero-order valence-corrected chi connectivity index (χ0v) is 11.7. The summed E-state index contributed by atoms with van der Waals surface area (Å²) in [6.07, 6.45) is 4.08. The van der Waals surface area contributed by atoms with Crippen molar-refractivity contribution in [3.63, 3.8) is 0 Å². The second-order valence-electron chi connectivity index (χ2n) is 5.39. The molecular weight excluding hydrogens is 296 g/mol. The number of carboxylic acid groups (broad SMARTS) is 4.